The van der Waals surface area contributed by atoms with E-state index in [-0.39, 0.29) is 11.9 Å². The quantitative estimate of drug-likeness (QED) is 0.920. The molecule has 1 unspecified atom stereocenters. The van der Waals surface area contributed by atoms with E-state index < -0.39 is 11.5 Å². The molecule has 1 aromatic rings. The van der Waals surface area contributed by atoms with Crippen LogP contribution in [0.5, 0.6) is 0 Å². The zero-order chi connectivity index (χ0) is 15.7. The lowest BCUT2D eigenvalue weighted by atomic mass is 9.85. The molecule has 1 N–H and O–H groups in total. The molecule has 0 aromatic heterocycles. The first-order valence-corrected chi connectivity index (χ1v) is 6.73. The van der Waals surface area contributed by atoms with Gasteiger partial charge in [0.2, 0.25) is 5.91 Å². The summed E-state index contributed by atoms with van der Waals surface area (Å²) in [7, 11) is 0. The second-order valence-corrected chi connectivity index (χ2v) is 5.68. The van der Waals surface area contributed by atoms with Crippen LogP contribution in [0.1, 0.15) is 44.4 Å². The van der Waals surface area contributed by atoms with E-state index in [1.54, 1.807) is 6.92 Å². The molecular weight excluding hydrogens is 254 g/mol. The minimum absolute atomic E-state index is 0.200. The molecule has 1 amide bonds. The summed E-state index contributed by atoms with van der Waals surface area (Å²) in [6.45, 7) is 10.4. The Labute approximate surface area is 120 Å². The summed E-state index contributed by atoms with van der Waals surface area (Å²) in [5.74, 6) is -1.26. The summed E-state index contributed by atoms with van der Waals surface area (Å²) < 4.78 is 0. The second kappa shape index (κ2) is 5.65. The van der Waals surface area contributed by atoms with Crippen LogP contribution in [-0.2, 0) is 15.1 Å². The third kappa shape index (κ3) is 2.69. The molecule has 4 nitrogen and oxygen atoms in total. The Bertz CT molecular complexity index is 537. The zero-order valence-corrected chi connectivity index (χ0v) is 13.0. The minimum atomic E-state index is -1.36. The van der Waals surface area contributed by atoms with Crippen molar-refractivity contribution in [3.8, 4) is 0 Å². The summed E-state index contributed by atoms with van der Waals surface area (Å²) >= 11 is 0. The Morgan fingerprint density at radius 1 is 1.25 bits per heavy atom. The number of carbonyl (C=O) groups is 2. The molecule has 0 heterocycles. The summed E-state index contributed by atoms with van der Waals surface area (Å²) in [4.78, 5) is 25.3. The van der Waals surface area contributed by atoms with E-state index in [9.17, 15) is 14.7 Å². The molecule has 0 aliphatic carbocycles. The van der Waals surface area contributed by atoms with Crippen LogP contribution in [0, 0.1) is 13.8 Å². The van der Waals surface area contributed by atoms with Crippen LogP contribution >= 0.6 is 0 Å². The van der Waals surface area contributed by atoms with E-state index in [0.717, 1.165) is 11.1 Å². The van der Waals surface area contributed by atoms with Gasteiger partial charge in [0.1, 0.15) is 0 Å². The highest BCUT2D eigenvalue weighted by atomic mass is 16.4. The predicted molar refractivity (Wildman–Crippen MR) is 78.6 cm³/mol. The maximum absolute atomic E-state index is 12.0. The topological polar surface area (TPSA) is 57.6 Å². The molecule has 0 fully saturated rings. The van der Waals surface area contributed by atoms with Crippen LogP contribution in [0.15, 0.2) is 18.2 Å². The lowest BCUT2D eigenvalue weighted by Crippen LogP contribution is -2.55. The van der Waals surface area contributed by atoms with Gasteiger partial charge in [-0.05, 0) is 45.7 Å². The second-order valence-electron chi connectivity index (χ2n) is 5.68. The fraction of sp³-hybridized carbons (Fsp3) is 0.500. The smallest absolute Gasteiger partial charge is 0.334 e. The van der Waals surface area contributed by atoms with Crippen molar-refractivity contribution in [2.45, 2.75) is 53.1 Å². The summed E-state index contributed by atoms with van der Waals surface area (Å²) in [6.07, 6.45) is 0. The van der Waals surface area contributed by atoms with E-state index in [1.807, 2.05) is 45.9 Å². The van der Waals surface area contributed by atoms with Crippen LogP contribution in [-0.4, -0.2) is 27.9 Å². The van der Waals surface area contributed by atoms with Gasteiger partial charge in [-0.3, -0.25) is 4.79 Å². The minimum Gasteiger partial charge on any atom is -0.479 e. The van der Waals surface area contributed by atoms with E-state index in [1.165, 1.54) is 11.8 Å². The fourth-order valence-corrected chi connectivity index (χ4v) is 2.80. The van der Waals surface area contributed by atoms with Crippen molar-refractivity contribution in [1.82, 2.24) is 4.90 Å². The zero-order valence-electron chi connectivity index (χ0n) is 13.0. The maximum atomic E-state index is 12.0. The van der Waals surface area contributed by atoms with Crippen LogP contribution in [0.2, 0.25) is 0 Å². The summed E-state index contributed by atoms with van der Waals surface area (Å²) in [5, 5.41) is 9.78. The number of amides is 1. The maximum Gasteiger partial charge on any atom is 0.334 e. The molecule has 1 rings (SSSR count). The number of hydrogen-bond donors (Lipinski definition) is 1. The first-order valence-electron chi connectivity index (χ1n) is 6.73. The molecule has 1 aromatic carbocycles. The molecule has 0 spiro atoms. The van der Waals surface area contributed by atoms with Gasteiger partial charge in [0.15, 0.2) is 5.54 Å². The number of nitrogens with zero attached hydrogens (tertiary/aromatic N) is 1. The van der Waals surface area contributed by atoms with Crippen molar-refractivity contribution < 1.29 is 14.7 Å². The van der Waals surface area contributed by atoms with Crippen molar-refractivity contribution >= 4 is 11.9 Å². The van der Waals surface area contributed by atoms with Gasteiger partial charge < -0.3 is 10.0 Å². The monoisotopic (exact) mass is 277 g/mol. The number of carbonyl (C=O) groups excluding carboxylic acids is 1. The highest BCUT2D eigenvalue weighted by molar-refractivity contribution is 5.87. The van der Waals surface area contributed by atoms with E-state index in [2.05, 4.69) is 0 Å². The summed E-state index contributed by atoms with van der Waals surface area (Å²) in [5.41, 5.74) is 1.14. The highest BCUT2D eigenvalue weighted by Crippen LogP contribution is 2.33. The Kier molecular flexibility index (Phi) is 4.58. The van der Waals surface area contributed by atoms with Crippen LogP contribution in [0.25, 0.3) is 0 Å². The van der Waals surface area contributed by atoms with Gasteiger partial charge in [0.05, 0.1) is 0 Å². The largest absolute Gasteiger partial charge is 0.479 e. The molecule has 20 heavy (non-hydrogen) atoms. The van der Waals surface area contributed by atoms with Crippen LogP contribution in [0.4, 0.5) is 0 Å². The highest BCUT2D eigenvalue weighted by Gasteiger charge is 2.45. The van der Waals surface area contributed by atoms with Crippen LogP contribution < -0.4 is 0 Å². The normalized spacial score (nSPS) is 13.9. The number of hydrogen-bond acceptors (Lipinski definition) is 2. The molecule has 0 aliphatic rings. The average molecular weight is 277 g/mol. The van der Waals surface area contributed by atoms with Crippen LogP contribution in [0.3, 0.4) is 0 Å². The number of benzene rings is 1. The molecule has 0 bridgehead atoms. The number of carboxylic acid groups (broad SMARTS) is 1. The van der Waals surface area contributed by atoms with Gasteiger partial charge >= 0.3 is 5.97 Å². The van der Waals surface area contributed by atoms with E-state index in [0.29, 0.717) is 5.56 Å². The number of rotatable bonds is 4. The molecule has 0 saturated heterocycles. The van der Waals surface area contributed by atoms with E-state index >= 15 is 0 Å². The standard InChI is InChI=1S/C16H23NO3/c1-10(2)17(13(5)18)16(6,15(19)20)14-9-11(3)7-8-12(14)4/h7-10H,1-6H3,(H,19,20). The van der Waals surface area contributed by atoms with Crippen molar-refractivity contribution in [1.29, 1.82) is 0 Å². The lowest BCUT2D eigenvalue weighted by Gasteiger charge is -2.41. The lowest BCUT2D eigenvalue weighted by molar-refractivity contribution is -0.160. The van der Waals surface area contributed by atoms with Crippen molar-refractivity contribution in [3.63, 3.8) is 0 Å². The number of carboxylic acids is 1. The first kappa shape index (κ1) is 16.2. The Morgan fingerprint density at radius 2 is 1.80 bits per heavy atom. The van der Waals surface area contributed by atoms with Crippen molar-refractivity contribution in [2.75, 3.05) is 0 Å². The van der Waals surface area contributed by atoms with E-state index in [4.69, 9.17) is 0 Å². The van der Waals surface area contributed by atoms with Gasteiger partial charge in [-0.25, -0.2) is 4.79 Å². The molecular formula is C16H23NO3. The molecule has 0 aliphatic heterocycles. The molecule has 110 valence electrons. The Balaban J connectivity index is 3.60. The third-order valence-corrected chi connectivity index (χ3v) is 3.67. The molecule has 4 heteroatoms. The van der Waals surface area contributed by atoms with Gasteiger partial charge in [-0.1, -0.05) is 23.8 Å². The third-order valence-electron chi connectivity index (χ3n) is 3.67. The van der Waals surface area contributed by atoms with Gasteiger partial charge in [-0.15, -0.1) is 0 Å². The fourth-order valence-electron chi connectivity index (χ4n) is 2.80. The predicted octanol–water partition coefficient (Wildman–Crippen LogP) is 2.86. The Hall–Kier alpha value is -1.84. The molecule has 0 saturated carbocycles. The number of aliphatic carboxylic acids is 1. The SMILES string of the molecule is CC(=O)N(C(C)C)C(C)(C(=O)O)c1cc(C)ccc1C. The van der Waals surface area contributed by atoms with Crippen molar-refractivity contribution in [3.05, 3.63) is 34.9 Å². The summed E-state index contributed by atoms with van der Waals surface area (Å²) in [6, 6.07) is 5.48. The molecule has 1 atom stereocenters. The Morgan fingerprint density at radius 3 is 2.20 bits per heavy atom. The average Bonchev–Trinajstić information content (AvgIpc) is 2.30. The first-order chi connectivity index (χ1) is 9.12. The molecule has 0 radical (unpaired) electrons. The number of aryl methyl sites for hydroxylation is 2. The van der Waals surface area contributed by atoms with Gasteiger partial charge in [-0.2, -0.15) is 0 Å². The van der Waals surface area contributed by atoms with Gasteiger partial charge in [0.25, 0.3) is 0 Å². The van der Waals surface area contributed by atoms with Crippen molar-refractivity contribution in [2.24, 2.45) is 0 Å². The van der Waals surface area contributed by atoms with Gasteiger partial charge in [0, 0.05) is 13.0 Å².